The number of benzene rings is 1. The Bertz CT molecular complexity index is 826. The zero-order valence-corrected chi connectivity index (χ0v) is 13.6. The Balaban J connectivity index is 1.54. The van der Waals surface area contributed by atoms with E-state index in [0.29, 0.717) is 23.0 Å². The summed E-state index contributed by atoms with van der Waals surface area (Å²) in [5.41, 5.74) is 0.597. The van der Waals surface area contributed by atoms with E-state index in [-0.39, 0.29) is 31.0 Å². The van der Waals surface area contributed by atoms with Crippen molar-refractivity contribution in [3.05, 3.63) is 41.6 Å². The first-order valence-corrected chi connectivity index (χ1v) is 7.89. The van der Waals surface area contributed by atoms with Crippen LogP contribution in [-0.4, -0.2) is 41.7 Å². The van der Waals surface area contributed by atoms with E-state index in [1.165, 1.54) is 13.4 Å². The van der Waals surface area contributed by atoms with Gasteiger partial charge in [-0.1, -0.05) is 0 Å². The Hall–Kier alpha value is -3.03. The molecule has 2 heterocycles. The van der Waals surface area contributed by atoms with Crippen molar-refractivity contribution in [1.29, 1.82) is 0 Å². The van der Waals surface area contributed by atoms with Crippen molar-refractivity contribution in [2.75, 3.05) is 13.9 Å². The standard InChI is InChI=1S/C17H16N2O6/c1-22-17(21)12-8-23-15(18-12)7-19(11-3-4-11)16(20)10-2-5-13-14(6-10)25-9-24-13/h2,5-6,8,11H,3-4,7,9H2,1H3. The van der Waals surface area contributed by atoms with Crippen LogP contribution in [0, 0.1) is 0 Å². The Kier molecular flexibility index (Phi) is 3.79. The van der Waals surface area contributed by atoms with Crippen LogP contribution in [0.25, 0.3) is 0 Å². The first-order valence-electron chi connectivity index (χ1n) is 7.89. The largest absolute Gasteiger partial charge is 0.464 e. The molecule has 4 rings (SSSR count). The van der Waals surface area contributed by atoms with Crippen molar-refractivity contribution in [2.45, 2.75) is 25.4 Å². The van der Waals surface area contributed by atoms with E-state index in [1.54, 1.807) is 23.1 Å². The van der Waals surface area contributed by atoms with Crippen molar-refractivity contribution >= 4 is 11.9 Å². The maximum Gasteiger partial charge on any atom is 0.360 e. The van der Waals surface area contributed by atoms with Crippen LogP contribution in [0.2, 0.25) is 0 Å². The third kappa shape index (κ3) is 3.02. The van der Waals surface area contributed by atoms with Gasteiger partial charge in [-0.2, -0.15) is 0 Å². The molecule has 1 aliphatic carbocycles. The van der Waals surface area contributed by atoms with Crippen molar-refractivity contribution in [3.8, 4) is 11.5 Å². The zero-order chi connectivity index (χ0) is 17.4. The van der Waals surface area contributed by atoms with E-state index in [1.807, 2.05) is 0 Å². The Morgan fingerprint density at radius 3 is 2.84 bits per heavy atom. The number of aromatic nitrogens is 1. The number of rotatable bonds is 5. The monoisotopic (exact) mass is 344 g/mol. The molecule has 0 radical (unpaired) electrons. The van der Waals surface area contributed by atoms with Gasteiger partial charge in [0.2, 0.25) is 12.7 Å². The number of hydrogen-bond donors (Lipinski definition) is 0. The molecule has 1 amide bonds. The summed E-state index contributed by atoms with van der Waals surface area (Å²) in [6.45, 7) is 0.348. The number of oxazole rings is 1. The first-order chi connectivity index (χ1) is 12.2. The lowest BCUT2D eigenvalue weighted by Crippen LogP contribution is -2.32. The lowest BCUT2D eigenvalue weighted by Gasteiger charge is -2.21. The van der Waals surface area contributed by atoms with Gasteiger partial charge in [0, 0.05) is 11.6 Å². The van der Waals surface area contributed by atoms with Gasteiger partial charge in [-0.3, -0.25) is 4.79 Å². The molecule has 0 bridgehead atoms. The van der Waals surface area contributed by atoms with Crippen LogP contribution in [0.5, 0.6) is 11.5 Å². The van der Waals surface area contributed by atoms with Crippen LogP contribution < -0.4 is 9.47 Å². The van der Waals surface area contributed by atoms with E-state index in [9.17, 15) is 9.59 Å². The van der Waals surface area contributed by atoms with Gasteiger partial charge in [0.25, 0.3) is 5.91 Å². The number of ether oxygens (including phenoxy) is 3. The molecule has 130 valence electrons. The second-order valence-corrected chi connectivity index (χ2v) is 5.85. The second kappa shape index (κ2) is 6.12. The molecule has 1 aliphatic heterocycles. The Morgan fingerprint density at radius 1 is 1.28 bits per heavy atom. The number of amides is 1. The molecule has 0 atom stereocenters. The number of hydrogen-bond acceptors (Lipinski definition) is 7. The molecule has 1 saturated carbocycles. The minimum atomic E-state index is -0.574. The van der Waals surface area contributed by atoms with Gasteiger partial charge >= 0.3 is 5.97 Å². The molecule has 2 aliphatic rings. The van der Waals surface area contributed by atoms with Gasteiger partial charge in [-0.25, -0.2) is 9.78 Å². The Labute approximate surface area is 143 Å². The molecule has 1 fully saturated rings. The molecule has 8 nitrogen and oxygen atoms in total. The highest BCUT2D eigenvalue weighted by Crippen LogP contribution is 2.35. The smallest absolute Gasteiger partial charge is 0.360 e. The van der Waals surface area contributed by atoms with Gasteiger partial charge in [0.05, 0.1) is 13.7 Å². The molecular weight excluding hydrogens is 328 g/mol. The molecule has 8 heteroatoms. The summed E-state index contributed by atoms with van der Waals surface area (Å²) in [7, 11) is 1.27. The molecule has 0 spiro atoms. The topological polar surface area (TPSA) is 91.1 Å². The van der Waals surface area contributed by atoms with Crippen LogP contribution in [0.3, 0.4) is 0 Å². The number of methoxy groups -OCH3 is 1. The Morgan fingerprint density at radius 2 is 2.08 bits per heavy atom. The van der Waals surface area contributed by atoms with E-state index in [2.05, 4.69) is 9.72 Å². The van der Waals surface area contributed by atoms with Crippen molar-refractivity contribution in [2.24, 2.45) is 0 Å². The van der Waals surface area contributed by atoms with E-state index in [4.69, 9.17) is 13.9 Å². The van der Waals surface area contributed by atoms with Crippen molar-refractivity contribution in [1.82, 2.24) is 9.88 Å². The fourth-order valence-electron chi connectivity index (χ4n) is 2.68. The lowest BCUT2D eigenvalue weighted by molar-refractivity contribution is 0.0594. The van der Waals surface area contributed by atoms with Crippen LogP contribution >= 0.6 is 0 Å². The highest BCUT2D eigenvalue weighted by molar-refractivity contribution is 5.95. The lowest BCUT2D eigenvalue weighted by atomic mass is 10.1. The summed E-state index contributed by atoms with van der Waals surface area (Å²) in [5.74, 6) is 0.769. The molecule has 2 aromatic rings. The number of carbonyl (C=O) groups is 2. The normalized spacial score (nSPS) is 15.1. The minimum Gasteiger partial charge on any atom is -0.464 e. The summed E-state index contributed by atoms with van der Waals surface area (Å²) in [4.78, 5) is 30.2. The summed E-state index contributed by atoms with van der Waals surface area (Å²) in [6, 6.07) is 5.25. The fourth-order valence-corrected chi connectivity index (χ4v) is 2.68. The van der Waals surface area contributed by atoms with Crippen molar-refractivity contribution in [3.63, 3.8) is 0 Å². The second-order valence-electron chi connectivity index (χ2n) is 5.85. The van der Waals surface area contributed by atoms with Gasteiger partial charge in [-0.05, 0) is 31.0 Å². The minimum absolute atomic E-state index is 0.0868. The summed E-state index contributed by atoms with van der Waals surface area (Å²) in [5, 5.41) is 0. The van der Waals surface area contributed by atoms with Crippen LogP contribution in [0.4, 0.5) is 0 Å². The maximum absolute atomic E-state index is 12.9. The number of esters is 1. The van der Waals surface area contributed by atoms with E-state index in [0.717, 1.165) is 12.8 Å². The molecule has 0 N–H and O–H groups in total. The van der Waals surface area contributed by atoms with Gasteiger partial charge < -0.3 is 23.5 Å². The third-order valence-corrected chi connectivity index (χ3v) is 4.12. The molecule has 1 aromatic carbocycles. The molecule has 1 aromatic heterocycles. The maximum atomic E-state index is 12.9. The van der Waals surface area contributed by atoms with Gasteiger partial charge in [0.15, 0.2) is 17.2 Å². The van der Waals surface area contributed by atoms with Gasteiger partial charge in [0.1, 0.15) is 6.26 Å². The van der Waals surface area contributed by atoms with E-state index < -0.39 is 5.97 Å². The summed E-state index contributed by atoms with van der Waals surface area (Å²) < 4.78 is 20.5. The fraction of sp³-hybridized carbons (Fsp3) is 0.353. The molecule has 0 saturated heterocycles. The quantitative estimate of drug-likeness (QED) is 0.766. The van der Waals surface area contributed by atoms with Crippen molar-refractivity contribution < 1.29 is 28.2 Å². The summed E-state index contributed by atoms with van der Waals surface area (Å²) in [6.07, 6.45) is 3.10. The van der Waals surface area contributed by atoms with Gasteiger partial charge in [-0.15, -0.1) is 0 Å². The summed E-state index contributed by atoms with van der Waals surface area (Å²) >= 11 is 0. The molecule has 0 unspecified atom stereocenters. The highest BCUT2D eigenvalue weighted by Gasteiger charge is 2.34. The zero-order valence-electron chi connectivity index (χ0n) is 13.6. The molecular formula is C17H16N2O6. The SMILES string of the molecule is COC(=O)c1coc(CN(C(=O)c2ccc3c(c2)OCO3)C2CC2)n1. The average Bonchev–Trinajstić information content (AvgIpc) is 3.18. The van der Waals surface area contributed by atoms with Crippen LogP contribution in [0.15, 0.2) is 28.9 Å². The predicted octanol–water partition coefficient (Wildman–Crippen LogP) is 1.99. The number of nitrogens with zero attached hydrogens (tertiary/aromatic N) is 2. The number of carbonyl (C=O) groups excluding carboxylic acids is 2. The number of fused-ring (bicyclic) bond motifs is 1. The first kappa shape index (κ1) is 15.5. The van der Waals surface area contributed by atoms with Crippen LogP contribution in [0.1, 0.15) is 39.6 Å². The third-order valence-electron chi connectivity index (χ3n) is 4.12. The predicted molar refractivity (Wildman–Crippen MR) is 83.3 cm³/mol. The average molecular weight is 344 g/mol. The molecule has 25 heavy (non-hydrogen) atoms. The van der Waals surface area contributed by atoms with Crippen LogP contribution in [-0.2, 0) is 11.3 Å². The highest BCUT2D eigenvalue weighted by atomic mass is 16.7. The van der Waals surface area contributed by atoms with E-state index >= 15 is 0 Å².